The van der Waals surface area contributed by atoms with Crippen molar-refractivity contribution in [1.82, 2.24) is 15.2 Å². The SMILES string of the molecule is O=Cc1ccc(C(=O)NCCCc2cccc(C3(C(=O)O[C@H]4CN5CCC4CC5)CCCCC3)c2)cn1. The second-order valence-corrected chi connectivity index (χ2v) is 10.9. The Bertz CT molecular complexity index is 1100. The topological polar surface area (TPSA) is 88.6 Å². The molecule has 37 heavy (non-hydrogen) atoms. The third-order valence-corrected chi connectivity index (χ3v) is 8.53. The Morgan fingerprint density at radius 2 is 1.92 bits per heavy atom. The van der Waals surface area contributed by atoms with E-state index in [9.17, 15) is 14.4 Å². The van der Waals surface area contributed by atoms with Crippen molar-refractivity contribution in [2.45, 2.75) is 69.3 Å². The van der Waals surface area contributed by atoms with Crippen molar-refractivity contribution in [1.29, 1.82) is 0 Å². The maximum absolute atomic E-state index is 13.8. The van der Waals surface area contributed by atoms with Gasteiger partial charge in [-0.1, -0.05) is 43.5 Å². The van der Waals surface area contributed by atoms with Crippen molar-refractivity contribution in [3.63, 3.8) is 0 Å². The number of rotatable bonds is 9. The summed E-state index contributed by atoms with van der Waals surface area (Å²) in [5.41, 5.74) is 2.45. The predicted molar refractivity (Wildman–Crippen MR) is 141 cm³/mol. The van der Waals surface area contributed by atoms with E-state index in [0.29, 0.717) is 30.0 Å². The van der Waals surface area contributed by atoms with Crippen LogP contribution in [0.2, 0.25) is 0 Å². The number of hydrogen-bond acceptors (Lipinski definition) is 6. The van der Waals surface area contributed by atoms with Gasteiger partial charge in [-0.25, -0.2) is 0 Å². The summed E-state index contributed by atoms with van der Waals surface area (Å²) in [7, 11) is 0. The van der Waals surface area contributed by atoms with Gasteiger partial charge in [0.25, 0.3) is 5.91 Å². The molecule has 0 unspecified atom stereocenters. The highest BCUT2D eigenvalue weighted by Crippen LogP contribution is 2.42. The summed E-state index contributed by atoms with van der Waals surface area (Å²) in [5, 5.41) is 2.92. The lowest BCUT2D eigenvalue weighted by Gasteiger charge is -2.45. The molecule has 7 nitrogen and oxygen atoms in total. The molecule has 1 aromatic carbocycles. The standard InChI is InChI=1S/C30H37N3O4/c34-21-26-10-9-24(19-32-26)28(35)31-15-5-7-22-6-4-8-25(18-22)30(13-2-1-3-14-30)29(36)37-27-20-33-16-11-23(27)12-17-33/h4,6,8-10,18-19,21,23,27H,1-3,5,7,11-17,20H2,(H,31,35)/t27-/m0/s1. The zero-order valence-electron chi connectivity index (χ0n) is 21.5. The van der Waals surface area contributed by atoms with Gasteiger partial charge in [-0.2, -0.15) is 0 Å². The van der Waals surface area contributed by atoms with Crippen LogP contribution in [0.3, 0.4) is 0 Å². The van der Waals surface area contributed by atoms with E-state index in [1.165, 1.54) is 24.2 Å². The number of ether oxygens (including phenoxy) is 1. The second-order valence-electron chi connectivity index (χ2n) is 10.9. The normalized spacial score (nSPS) is 24.3. The van der Waals surface area contributed by atoms with Crippen molar-refractivity contribution >= 4 is 18.2 Å². The highest BCUT2D eigenvalue weighted by atomic mass is 16.5. The smallest absolute Gasteiger partial charge is 0.316 e. The monoisotopic (exact) mass is 503 g/mol. The molecule has 2 aromatic rings. The number of benzene rings is 1. The van der Waals surface area contributed by atoms with E-state index in [0.717, 1.165) is 76.6 Å². The molecule has 1 atom stereocenters. The van der Waals surface area contributed by atoms with Gasteiger partial charge in [-0.3, -0.25) is 24.3 Å². The second kappa shape index (κ2) is 11.5. The first-order valence-corrected chi connectivity index (χ1v) is 13.8. The van der Waals surface area contributed by atoms with E-state index in [2.05, 4.69) is 39.5 Å². The summed E-state index contributed by atoms with van der Waals surface area (Å²) in [5.74, 6) is 0.287. The summed E-state index contributed by atoms with van der Waals surface area (Å²) in [4.78, 5) is 43.2. The van der Waals surface area contributed by atoms with Gasteiger partial charge < -0.3 is 10.1 Å². The van der Waals surface area contributed by atoms with Crippen molar-refractivity contribution in [2.75, 3.05) is 26.2 Å². The molecule has 1 N–H and O–H groups in total. The third-order valence-electron chi connectivity index (χ3n) is 8.53. The Labute approximate surface area is 219 Å². The number of aromatic nitrogens is 1. The Hall–Kier alpha value is -3.06. The third kappa shape index (κ3) is 5.77. The van der Waals surface area contributed by atoms with E-state index in [4.69, 9.17) is 4.74 Å². The van der Waals surface area contributed by atoms with Crippen molar-refractivity contribution in [3.05, 3.63) is 65.0 Å². The number of carbonyl (C=O) groups excluding carboxylic acids is 3. The lowest BCUT2D eigenvalue weighted by Crippen LogP contribution is -2.53. The first-order valence-electron chi connectivity index (χ1n) is 13.8. The Balaban J connectivity index is 1.20. The summed E-state index contributed by atoms with van der Waals surface area (Å²) >= 11 is 0. The molecular weight excluding hydrogens is 466 g/mol. The van der Waals surface area contributed by atoms with Crippen LogP contribution in [0.5, 0.6) is 0 Å². The number of amides is 1. The number of piperidine rings is 3. The number of hydrogen-bond donors (Lipinski definition) is 1. The molecule has 2 bridgehead atoms. The lowest BCUT2D eigenvalue weighted by molar-refractivity contribution is -0.167. The first kappa shape index (κ1) is 25.6. The largest absolute Gasteiger partial charge is 0.460 e. The summed E-state index contributed by atoms with van der Waals surface area (Å²) < 4.78 is 6.29. The minimum absolute atomic E-state index is 0.0235. The van der Waals surface area contributed by atoms with Crippen LogP contribution in [0.1, 0.15) is 83.3 Å². The molecule has 0 radical (unpaired) electrons. The zero-order chi connectivity index (χ0) is 25.7. The molecule has 0 spiro atoms. The van der Waals surface area contributed by atoms with Crippen LogP contribution < -0.4 is 5.32 Å². The van der Waals surface area contributed by atoms with Gasteiger partial charge in [0.15, 0.2) is 6.29 Å². The van der Waals surface area contributed by atoms with Crippen molar-refractivity contribution in [3.8, 4) is 0 Å². The maximum atomic E-state index is 13.8. The molecule has 7 heteroatoms. The van der Waals surface area contributed by atoms with Crippen LogP contribution in [-0.4, -0.2) is 60.3 Å². The molecule has 3 saturated heterocycles. The van der Waals surface area contributed by atoms with Crippen molar-refractivity contribution in [2.24, 2.45) is 5.92 Å². The summed E-state index contributed by atoms with van der Waals surface area (Å²) in [6.45, 7) is 3.69. The van der Waals surface area contributed by atoms with Crippen molar-refractivity contribution < 1.29 is 19.1 Å². The van der Waals surface area contributed by atoms with Gasteiger partial charge in [-0.15, -0.1) is 0 Å². The summed E-state index contributed by atoms with van der Waals surface area (Å²) in [6.07, 6.45) is 10.9. The molecule has 3 aliphatic heterocycles. The molecule has 4 heterocycles. The first-order chi connectivity index (χ1) is 18.1. The number of nitrogens with one attached hydrogen (secondary N) is 1. The fraction of sp³-hybridized carbons (Fsp3) is 0.533. The van der Waals surface area contributed by atoms with Gasteiger partial charge in [0.1, 0.15) is 11.8 Å². The fourth-order valence-corrected chi connectivity index (χ4v) is 6.29. The minimum Gasteiger partial charge on any atom is -0.460 e. The van der Waals surface area contributed by atoms with E-state index in [1.54, 1.807) is 6.07 Å². The molecule has 1 amide bonds. The van der Waals surface area contributed by atoms with Crippen LogP contribution in [0.15, 0.2) is 42.6 Å². The van der Waals surface area contributed by atoms with Crippen LogP contribution in [0.25, 0.3) is 0 Å². The molecule has 1 aromatic heterocycles. The van der Waals surface area contributed by atoms with Gasteiger partial charge in [0, 0.05) is 19.3 Å². The van der Waals surface area contributed by atoms with E-state index >= 15 is 0 Å². The molecular formula is C30H37N3O4. The Morgan fingerprint density at radius 1 is 1.11 bits per heavy atom. The van der Waals surface area contributed by atoms with Gasteiger partial charge in [0.05, 0.1) is 11.0 Å². The highest BCUT2D eigenvalue weighted by molar-refractivity contribution is 5.94. The Kier molecular flexibility index (Phi) is 7.99. The molecule has 6 rings (SSSR count). The average molecular weight is 504 g/mol. The molecule has 1 saturated carbocycles. The zero-order valence-corrected chi connectivity index (χ0v) is 21.5. The number of nitrogens with zero attached hydrogens (tertiary/aromatic N) is 2. The number of fused-ring (bicyclic) bond motifs is 3. The average Bonchev–Trinajstić information content (AvgIpc) is 2.96. The van der Waals surface area contributed by atoms with Crippen LogP contribution in [-0.2, 0) is 21.4 Å². The Morgan fingerprint density at radius 3 is 2.59 bits per heavy atom. The van der Waals surface area contributed by atoms with Gasteiger partial charge in [0.2, 0.25) is 0 Å². The quantitative estimate of drug-likeness (QED) is 0.315. The van der Waals surface area contributed by atoms with Gasteiger partial charge in [-0.05, 0) is 80.8 Å². The number of pyridine rings is 1. The minimum atomic E-state index is -0.546. The fourth-order valence-electron chi connectivity index (χ4n) is 6.29. The predicted octanol–water partition coefficient (Wildman–Crippen LogP) is 4.10. The molecule has 4 fully saturated rings. The van der Waals surface area contributed by atoms with Crippen LogP contribution >= 0.6 is 0 Å². The highest BCUT2D eigenvalue weighted by Gasteiger charge is 2.45. The van der Waals surface area contributed by atoms with E-state index < -0.39 is 5.41 Å². The number of aryl methyl sites for hydroxylation is 1. The van der Waals surface area contributed by atoms with Gasteiger partial charge >= 0.3 is 5.97 Å². The number of carbonyl (C=O) groups is 3. The molecule has 4 aliphatic rings. The van der Waals surface area contributed by atoms with Crippen LogP contribution in [0, 0.1) is 5.92 Å². The summed E-state index contributed by atoms with van der Waals surface area (Å²) in [6, 6.07) is 11.6. The van der Waals surface area contributed by atoms with E-state index in [1.807, 2.05) is 0 Å². The number of esters is 1. The van der Waals surface area contributed by atoms with E-state index in [-0.39, 0.29) is 18.0 Å². The lowest BCUT2D eigenvalue weighted by atomic mass is 9.69. The molecule has 1 aliphatic carbocycles. The molecule has 196 valence electrons. The number of aldehydes is 1. The van der Waals surface area contributed by atoms with Crippen LogP contribution in [0.4, 0.5) is 0 Å². The maximum Gasteiger partial charge on any atom is 0.316 e.